The molecule has 21 heavy (non-hydrogen) atoms. The van der Waals surface area contributed by atoms with Crippen molar-refractivity contribution in [2.75, 3.05) is 37.8 Å². The molecule has 0 bridgehead atoms. The number of aliphatic hydroxyl groups excluding tert-OH is 1. The van der Waals surface area contributed by atoms with Crippen molar-refractivity contribution in [2.45, 2.75) is 31.8 Å². The predicted molar refractivity (Wildman–Crippen MR) is 78.5 cm³/mol. The van der Waals surface area contributed by atoms with Gasteiger partial charge in [-0.1, -0.05) is 12.8 Å². The van der Waals surface area contributed by atoms with Gasteiger partial charge in [-0.15, -0.1) is 0 Å². The standard InChI is InChI=1S/C15H23N3O3/c19-10-13-9-18(5-6-20-13)14-7-16-8-15(17-14)21-11-12-3-1-2-4-12/h7-8,12-13,19H,1-6,9-11H2. The molecule has 3 rings (SSSR count). The molecule has 1 aliphatic heterocycles. The van der Waals surface area contributed by atoms with Gasteiger partial charge >= 0.3 is 0 Å². The van der Waals surface area contributed by atoms with Gasteiger partial charge in [-0.2, -0.15) is 4.98 Å². The molecule has 2 heterocycles. The Kier molecular flexibility index (Phi) is 4.87. The van der Waals surface area contributed by atoms with Crippen molar-refractivity contribution in [3.05, 3.63) is 12.4 Å². The van der Waals surface area contributed by atoms with Crippen LogP contribution in [-0.4, -0.2) is 54.1 Å². The Balaban J connectivity index is 1.59. The van der Waals surface area contributed by atoms with Crippen molar-refractivity contribution in [2.24, 2.45) is 5.92 Å². The van der Waals surface area contributed by atoms with Gasteiger partial charge in [0.25, 0.3) is 0 Å². The Morgan fingerprint density at radius 1 is 1.33 bits per heavy atom. The van der Waals surface area contributed by atoms with Crippen LogP contribution < -0.4 is 9.64 Å². The number of hydrogen-bond donors (Lipinski definition) is 1. The van der Waals surface area contributed by atoms with Gasteiger partial charge in [-0.25, -0.2) is 0 Å². The third-order valence-electron chi connectivity index (χ3n) is 4.21. The Morgan fingerprint density at radius 3 is 3.00 bits per heavy atom. The van der Waals surface area contributed by atoms with E-state index in [1.54, 1.807) is 12.4 Å². The van der Waals surface area contributed by atoms with E-state index in [1.165, 1.54) is 25.7 Å². The number of morpholine rings is 1. The first-order chi connectivity index (χ1) is 10.3. The minimum Gasteiger partial charge on any atom is -0.476 e. The summed E-state index contributed by atoms with van der Waals surface area (Å²) in [7, 11) is 0. The maximum Gasteiger partial charge on any atom is 0.234 e. The fourth-order valence-corrected chi connectivity index (χ4v) is 2.98. The summed E-state index contributed by atoms with van der Waals surface area (Å²) in [6, 6.07) is 0. The highest BCUT2D eigenvalue weighted by atomic mass is 16.5. The molecule has 6 nitrogen and oxygen atoms in total. The van der Waals surface area contributed by atoms with E-state index in [2.05, 4.69) is 14.9 Å². The van der Waals surface area contributed by atoms with Gasteiger partial charge in [-0.3, -0.25) is 4.98 Å². The van der Waals surface area contributed by atoms with Crippen molar-refractivity contribution in [1.29, 1.82) is 0 Å². The average Bonchev–Trinajstić information content (AvgIpc) is 3.07. The molecule has 1 saturated heterocycles. The highest BCUT2D eigenvalue weighted by Crippen LogP contribution is 2.25. The third kappa shape index (κ3) is 3.83. The van der Waals surface area contributed by atoms with Crippen molar-refractivity contribution >= 4 is 5.82 Å². The second-order valence-corrected chi connectivity index (χ2v) is 5.80. The fraction of sp³-hybridized carbons (Fsp3) is 0.733. The van der Waals surface area contributed by atoms with Crippen LogP contribution in [0.2, 0.25) is 0 Å². The minimum absolute atomic E-state index is 0.0296. The van der Waals surface area contributed by atoms with E-state index in [9.17, 15) is 5.11 Å². The first kappa shape index (κ1) is 14.5. The number of hydrogen-bond acceptors (Lipinski definition) is 6. The first-order valence-electron chi connectivity index (χ1n) is 7.77. The maximum absolute atomic E-state index is 9.20. The molecular formula is C15H23N3O3. The quantitative estimate of drug-likeness (QED) is 0.881. The monoisotopic (exact) mass is 293 g/mol. The van der Waals surface area contributed by atoms with Gasteiger partial charge in [0.05, 0.1) is 38.3 Å². The Labute approximate surface area is 125 Å². The molecule has 0 aromatic carbocycles. The van der Waals surface area contributed by atoms with E-state index < -0.39 is 0 Å². The number of aromatic nitrogens is 2. The van der Waals surface area contributed by atoms with Gasteiger partial charge in [0.15, 0.2) is 5.82 Å². The zero-order chi connectivity index (χ0) is 14.5. The maximum atomic E-state index is 9.20. The minimum atomic E-state index is -0.149. The Bertz CT molecular complexity index is 452. The lowest BCUT2D eigenvalue weighted by molar-refractivity contribution is 0.00331. The summed E-state index contributed by atoms with van der Waals surface area (Å²) in [5.41, 5.74) is 0. The molecule has 6 heteroatoms. The van der Waals surface area contributed by atoms with Crippen molar-refractivity contribution in [1.82, 2.24) is 9.97 Å². The molecule has 2 fully saturated rings. The van der Waals surface area contributed by atoms with Crippen molar-refractivity contribution < 1.29 is 14.6 Å². The van der Waals surface area contributed by atoms with E-state index in [1.807, 2.05) is 0 Å². The highest BCUT2D eigenvalue weighted by Gasteiger charge is 2.21. The van der Waals surface area contributed by atoms with E-state index in [0.29, 0.717) is 24.9 Å². The number of aliphatic hydroxyl groups is 1. The van der Waals surface area contributed by atoms with Gasteiger partial charge < -0.3 is 19.5 Å². The molecule has 116 valence electrons. The van der Waals surface area contributed by atoms with Crippen LogP contribution >= 0.6 is 0 Å². The van der Waals surface area contributed by atoms with Crippen LogP contribution in [0.15, 0.2) is 12.4 Å². The second kappa shape index (κ2) is 7.04. The SMILES string of the molecule is OCC1CN(c2cncc(OCC3CCCC3)n2)CCO1. The van der Waals surface area contributed by atoms with Crippen LogP contribution in [0.3, 0.4) is 0 Å². The van der Waals surface area contributed by atoms with Gasteiger partial charge in [0, 0.05) is 13.1 Å². The van der Waals surface area contributed by atoms with Crippen LogP contribution in [-0.2, 0) is 4.74 Å². The lowest BCUT2D eigenvalue weighted by Crippen LogP contribution is -2.44. The first-order valence-corrected chi connectivity index (χ1v) is 7.77. The number of rotatable bonds is 5. The van der Waals surface area contributed by atoms with Gasteiger partial charge in [0.1, 0.15) is 0 Å². The molecule has 1 N–H and O–H groups in total. The topological polar surface area (TPSA) is 67.7 Å². The zero-order valence-electron chi connectivity index (χ0n) is 12.3. The van der Waals surface area contributed by atoms with Crippen LogP contribution in [0.25, 0.3) is 0 Å². The predicted octanol–water partition coefficient (Wildman–Crippen LogP) is 1.24. The van der Waals surface area contributed by atoms with Crippen LogP contribution in [0.4, 0.5) is 5.82 Å². The van der Waals surface area contributed by atoms with Crippen LogP contribution in [0.1, 0.15) is 25.7 Å². The molecule has 1 aromatic heterocycles. The fourth-order valence-electron chi connectivity index (χ4n) is 2.98. The summed E-state index contributed by atoms with van der Waals surface area (Å²) in [4.78, 5) is 10.8. The number of nitrogens with zero attached hydrogens (tertiary/aromatic N) is 3. The van der Waals surface area contributed by atoms with Crippen LogP contribution in [0, 0.1) is 5.92 Å². The molecule has 1 aliphatic carbocycles. The summed E-state index contributed by atoms with van der Waals surface area (Å²) >= 11 is 0. The smallest absolute Gasteiger partial charge is 0.234 e. The largest absolute Gasteiger partial charge is 0.476 e. The lowest BCUT2D eigenvalue weighted by Gasteiger charge is -2.32. The molecule has 0 amide bonds. The second-order valence-electron chi connectivity index (χ2n) is 5.80. The van der Waals surface area contributed by atoms with E-state index in [4.69, 9.17) is 9.47 Å². The lowest BCUT2D eigenvalue weighted by atomic mass is 10.1. The molecular weight excluding hydrogens is 270 g/mol. The summed E-state index contributed by atoms with van der Waals surface area (Å²) in [6.45, 7) is 2.76. The van der Waals surface area contributed by atoms with Gasteiger partial charge in [0.2, 0.25) is 5.88 Å². The normalized spacial score (nSPS) is 23.5. The molecule has 2 aliphatic rings. The summed E-state index contributed by atoms with van der Waals surface area (Å²) < 4.78 is 11.2. The summed E-state index contributed by atoms with van der Waals surface area (Å²) in [5, 5.41) is 9.20. The summed E-state index contributed by atoms with van der Waals surface area (Å²) in [6.07, 6.45) is 8.41. The number of anilines is 1. The summed E-state index contributed by atoms with van der Waals surface area (Å²) in [5.74, 6) is 2.05. The van der Waals surface area contributed by atoms with E-state index in [-0.39, 0.29) is 12.7 Å². The van der Waals surface area contributed by atoms with E-state index in [0.717, 1.165) is 19.0 Å². The molecule has 1 aromatic rings. The molecule has 0 spiro atoms. The Hall–Kier alpha value is -1.40. The average molecular weight is 293 g/mol. The van der Waals surface area contributed by atoms with Crippen molar-refractivity contribution in [3.8, 4) is 5.88 Å². The van der Waals surface area contributed by atoms with Crippen molar-refractivity contribution in [3.63, 3.8) is 0 Å². The van der Waals surface area contributed by atoms with Crippen LogP contribution in [0.5, 0.6) is 5.88 Å². The molecule has 0 radical (unpaired) electrons. The highest BCUT2D eigenvalue weighted by molar-refractivity contribution is 5.38. The Morgan fingerprint density at radius 2 is 2.19 bits per heavy atom. The molecule has 1 atom stereocenters. The molecule has 1 unspecified atom stereocenters. The third-order valence-corrected chi connectivity index (χ3v) is 4.21. The number of ether oxygens (including phenoxy) is 2. The zero-order valence-corrected chi connectivity index (χ0v) is 12.3. The van der Waals surface area contributed by atoms with E-state index >= 15 is 0 Å². The molecule has 1 saturated carbocycles. The van der Waals surface area contributed by atoms with Gasteiger partial charge in [-0.05, 0) is 18.8 Å².